The second-order valence-electron chi connectivity index (χ2n) is 5.85. The third kappa shape index (κ3) is 3.30. The molecule has 0 saturated carbocycles. The van der Waals surface area contributed by atoms with E-state index in [9.17, 15) is 14.0 Å². The first-order valence-corrected chi connectivity index (χ1v) is 8.05. The van der Waals surface area contributed by atoms with Crippen LogP contribution < -0.4 is 10.2 Å². The summed E-state index contributed by atoms with van der Waals surface area (Å²) in [5.41, 5.74) is 2.50. The highest BCUT2D eigenvalue weighted by Gasteiger charge is 2.37. The summed E-state index contributed by atoms with van der Waals surface area (Å²) in [5.74, 6) is -1.62. The van der Waals surface area contributed by atoms with Gasteiger partial charge in [-0.2, -0.15) is 0 Å². The summed E-state index contributed by atoms with van der Waals surface area (Å²) in [5, 5.41) is 2.68. The molecule has 1 saturated heterocycles. The molecule has 0 unspecified atom stereocenters. The molecule has 5 heteroatoms. The normalized spacial score (nSPS) is 17.2. The van der Waals surface area contributed by atoms with Crippen LogP contribution in [0.15, 0.2) is 48.5 Å². The van der Waals surface area contributed by atoms with Gasteiger partial charge in [0, 0.05) is 17.9 Å². The van der Waals surface area contributed by atoms with E-state index in [1.807, 2.05) is 24.3 Å². The molecule has 2 amide bonds. The van der Waals surface area contributed by atoms with Crippen LogP contribution in [-0.2, 0) is 16.0 Å². The van der Waals surface area contributed by atoms with Crippen LogP contribution in [0.5, 0.6) is 0 Å². The van der Waals surface area contributed by atoms with Gasteiger partial charge in [-0.3, -0.25) is 9.59 Å². The number of benzene rings is 2. The molecule has 1 fully saturated rings. The van der Waals surface area contributed by atoms with Crippen molar-refractivity contribution in [2.75, 3.05) is 16.8 Å². The van der Waals surface area contributed by atoms with Crippen molar-refractivity contribution in [2.24, 2.45) is 5.92 Å². The molecule has 0 aromatic heterocycles. The molecule has 0 aliphatic carbocycles. The third-order valence-electron chi connectivity index (χ3n) is 4.29. The molecular weight excluding hydrogens is 307 g/mol. The number of nitrogens with zero attached hydrogens (tertiary/aromatic N) is 1. The van der Waals surface area contributed by atoms with Crippen molar-refractivity contribution in [3.8, 4) is 0 Å². The van der Waals surface area contributed by atoms with E-state index in [0.29, 0.717) is 18.7 Å². The van der Waals surface area contributed by atoms with Crippen molar-refractivity contribution >= 4 is 23.2 Å². The summed E-state index contributed by atoms with van der Waals surface area (Å²) in [6.45, 7) is 2.59. The Morgan fingerprint density at radius 1 is 1.17 bits per heavy atom. The number of carbonyl (C=O) groups excluding carboxylic acids is 2. The highest BCUT2D eigenvalue weighted by Crippen LogP contribution is 2.26. The number of nitrogens with one attached hydrogen (secondary N) is 1. The third-order valence-corrected chi connectivity index (χ3v) is 4.29. The molecule has 2 aromatic carbocycles. The van der Waals surface area contributed by atoms with E-state index in [0.717, 1.165) is 12.1 Å². The van der Waals surface area contributed by atoms with E-state index in [1.165, 1.54) is 29.8 Å². The maximum Gasteiger partial charge on any atom is 0.239 e. The van der Waals surface area contributed by atoms with Gasteiger partial charge in [-0.1, -0.05) is 19.1 Å². The van der Waals surface area contributed by atoms with Gasteiger partial charge < -0.3 is 10.2 Å². The smallest absolute Gasteiger partial charge is 0.239 e. The summed E-state index contributed by atoms with van der Waals surface area (Å²) >= 11 is 0. The van der Waals surface area contributed by atoms with Gasteiger partial charge in [0.15, 0.2) is 0 Å². The van der Waals surface area contributed by atoms with Gasteiger partial charge in [0.25, 0.3) is 0 Å². The SMILES string of the molecule is CCc1ccc(N2CC[C@H](C(=O)Nc3ccc(F)cc3)C2=O)cc1. The fraction of sp³-hybridized carbons (Fsp3) is 0.263. The minimum absolute atomic E-state index is 0.195. The number of rotatable bonds is 4. The van der Waals surface area contributed by atoms with Gasteiger partial charge in [-0.25, -0.2) is 4.39 Å². The molecule has 4 nitrogen and oxygen atoms in total. The lowest BCUT2D eigenvalue weighted by atomic mass is 10.1. The standard InChI is InChI=1S/C19H19FN2O2/c1-2-13-3-9-16(10-4-13)22-12-11-17(19(22)24)18(23)21-15-7-5-14(20)6-8-15/h3-10,17H,2,11-12H2,1H3,(H,21,23)/t17-/m1/s1. The predicted molar refractivity (Wildman–Crippen MR) is 91.3 cm³/mol. The largest absolute Gasteiger partial charge is 0.325 e. The van der Waals surface area contributed by atoms with Crippen LogP contribution in [-0.4, -0.2) is 18.4 Å². The van der Waals surface area contributed by atoms with Crippen LogP contribution in [0, 0.1) is 11.7 Å². The molecule has 1 N–H and O–H groups in total. The first-order valence-electron chi connectivity index (χ1n) is 8.05. The Kier molecular flexibility index (Phi) is 4.60. The Bertz CT molecular complexity index is 741. The van der Waals surface area contributed by atoms with Crippen molar-refractivity contribution in [3.05, 3.63) is 59.9 Å². The van der Waals surface area contributed by atoms with E-state index in [1.54, 1.807) is 4.90 Å². The average molecular weight is 326 g/mol. The van der Waals surface area contributed by atoms with E-state index < -0.39 is 5.92 Å². The van der Waals surface area contributed by atoms with E-state index >= 15 is 0 Å². The first kappa shape index (κ1) is 16.2. The Morgan fingerprint density at radius 2 is 1.83 bits per heavy atom. The fourth-order valence-corrected chi connectivity index (χ4v) is 2.85. The van der Waals surface area contributed by atoms with E-state index in [2.05, 4.69) is 12.2 Å². The minimum Gasteiger partial charge on any atom is -0.325 e. The maximum atomic E-state index is 12.9. The summed E-state index contributed by atoms with van der Waals surface area (Å²) in [6, 6.07) is 13.3. The average Bonchev–Trinajstić information content (AvgIpc) is 2.98. The highest BCUT2D eigenvalue weighted by atomic mass is 19.1. The van der Waals surface area contributed by atoms with E-state index in [-0.39, 0.29) is 17.6 Å². The number of aryl methyl sites for hydroxylation is 1. The number of anilines is 2. The lowest BCUT2D eigenvalue weighted by molar-refractivity contribution is -0.129. The molecule has 0 bridgehead atoms. The Morgan fingerprint density at radius 3 is 2.46 bits per heavy atom. The molecule has 24 heavy (non-hydrogen) atoms. The quantitative estimate of drug-likeness (QED) is 0.876. The second-order valence-corrected chi connectivity index (χ2v) is 5.85. The Hall–Kier alpha value is -2.69. The van der Waals surface area contributed by atoms with Crippen LogP contribution in [0.1, 0.15) is 18.9 Å². The number of halogens is 1. The van der Waals surface area contributed by atoms with Crippen LogP contribution >= 0.6 is 0 Å². The lowest BCUT2D eigenvalue weighted by Gasteiger charge is -2.17. The summed E-state index contributed by atoms with van der Waals surface area (Å²) in [4.78, 5) is 26.5. The van der Waals surface area contributed by atoms with Crippen molar-refractivity contribution in [1.29, 1.82) is 0 Å². The van der Waals surface area contributed by atoms with Gasteiger partial charge in [-0.15, -0.1) is 0 Å². The van der Waals surface area contributed by atoms with E-state index in [4.69, 9.17) is 0 Å². The van der Waals surface area contributed by atoms with Crippen LogP contribution in [0.4, 0.5) is 15.8 Å². The summed E-state index contributed by atoms with van der Waals surface area (Å²) < 4.78 is 12.9. The van der Waals surface area contributed by atoms with Crippen LogP contribution in [0.3, 0.4) is 0 Å². The second kappa shape index (κ2) is 6.83. The molecule has 1 heterocycles. The first-order chi connectivity index (χ1) is 11.6. The highest BCUT2D eigenvalue weighted by molar-refractivity contribution is 6.13. The van der Waals surface area contributed by atoms with Gasteiger partial charge in [0.05, 0.1) is 0 Å². The van der Waals surface area contributed by atoms with Gasteiger partial charge in [0.2, 0.25) is 11.8 Å². The molecule has 124 valence electrons. The number of carbonyl (C=O) groups is 2. The van der Waals surface area contributed by atoms with Crippen molar-refractivity contribution in [1.82, 2.24) is 0 Å². The zero-order chi connectivity index (χ0) is 17.1. The van der Waals surface area contributed by atoms with Gasteiger partial charge in [0.1, 0.15) is 11.7 Å². The van der Waals surface area contributed by atoms with Crippen LogP contribution in [0.25, 0.3) is 0 Å². The topological polar surface area (TPSA) is 49.4 Å². The molecule has 0 spiro atoms. The maximum absolute atomic E-state index is 12.9. The Labute approximate surface area is 140 Å². The zero-order valence-electron chi connectivity index (χ0n) is 13.5. The molecule has 2 aromatic rings. The molecule has 3 rings (SSSR count). The molecule has 1 atom stereocenters. The number of amides is 2. The monoisotopic (exact) mass is 326 g/mol. The Balaban J connectivity index is 1.68. The lowest BCUT2D eigenvalue weighted by Crippen LogP contribution is -2.33. The molecular formula is C19H19FN2O2. The fourth-order valence-electron chi connectivity index (χ4n) is 2.85. The van der Waals surface area contributed by atoms with Crippen molar-refractivity contribution < 1.29 is 14.0 Å². The molecule has 1 aliphatic heterocycles. The van der Waals surface area contributed by atoms with Gasteiger partial charge in [-0.05, 0) is 54.8 Å². The number of hydrogen-bond acceptors (Lipinski definition) is 2. The minimum atomic E-state index is -0.707. The summed E-state index contributed by atoms with van der Waals surface area (Å²) in [6.07, 6.45) is 1.41. The molecule has 0 radical (unpaired) electrons. The van der Waals surface area contributed by atoms with Crippen molar-refractivity contribution in [2.45, 2.75) is 19.8 Å². The van der Waals surface area contributed by atoms with Gasteiger partial charge >= 0.3 is 0 Å². The number of hydrogen-bond donors (Lipinski definition) is 1. The zero-order valence-corrected chi connectivity index (χ0v) is 13.5. The predicted octanol–water partition coefficient (Wildman–Crippen LogP) is 3.38. The molecule has 1 aliphatic rings. The van der Waals surface area contributed by atoms with Crippen LogP contribution in [0.2, 0.25) is 0 Å². The summed E-state index contributed by atoms with van der Waals surface area (Å²) in [7, 11) is 0. The van der Waals surface area contributed by atoms with Crippen molar-refractivity contribution in [3.63, 3.8) is 0 Å².